The van der Waals surface area contributed by atoms with Gasteiger partial charge in [0.15, 0.2) is 5.82 Å². The Morgan fingerprint density at radius 3 is 2.67 bits per heavy atom. The lowest BCUT2D eigenvalue weighted by Crippen LogP contribution is -2.31. The van der Waals surface area contributed by atoms with E-state index in [1.165, 1.54) is 4.90 Å². The van der Waals surface area contributed by atoms with Gasteiger partial charge in [-0.3, -0.25) is 9.59 Å². The Morgan fingerprint density at radius 2 is 2.00 bits per heavy atom. The van der Waals surface area contributed by atoms with Crippen molar-refractivity contribution < 1.29 is 14.1 Å². The normalized spacial score (nSPS) is 31.9. The third-order valence-corrected chi connectivity index (χ3v) is 4.03. The van der Waals surface area contributed by atoms with Gasteiger partial charge in [0, 0.05) is 6.07 Å². The van der Waals surface area contributed by atoms with Gasteiger partial charge >= 0.3 is 0 Å². The van der Waals surface area contributed by atoms with Gasteiger partial charge in [0.05, 0.1) is 11.8 Å². The molecule has 3 atom stereocenters. The van der Waals surface area contributed by atoms with Crippen LogP contribution < -0.4 is 4.90 Å². The molecule has 2 amide bonds. The van der Waals surface area contributed by atoms with E-state index in [1.54, 1.807) is 13.0 Å². The van der Waals surface area contributed by atoms with E-state index in [4.69, 9.17) is 4.52 Å². The van der Waals surface area contributed by atoms with Gasteiger partial charge in [-0.05, 0) is 32.1 Å². The fourth-order valence-electron chi connectivity index (χ4n) is 3.07. The van der Waals surface area contributed by atoms with Crippen LogP contribution in [0.4, 0.5) is 5.82 Å². The monoisotopic (exact) mass is 248 g/mol. The minimum absolute atomic E-state index is 0.106. The number of carbonyl (C=O) groups is 2. The van der Waals surface area contributed by atoms with E-state index < -0.39 is 0 Å². The summed E-state index contributed by atoms with van der Waals surface area (Å²) in [6, 6.07) is 1.64. The first-order valence-electron chi connectivity index (χ1n) is 6.39. The molecule has 1 aliphatic carbocycles. The lowest BCUT2D eigenvalue weighted by Gasteiger charge is -2.25. The van der Waals surface area contributed by atoms with Crippen molar-refractivity contribution in [3.63, 3.8) is 0 Å². The predicted molar refractivity (Wildman–Crippen MR) is 63.7 cm³/mol. The third-order valence-electron chi connectivity index (χ3n) is 4.03. The summed E-state index contributed by atoms with van der Waals surface area (Å²) in [7, 11) is 0. The van der Waals surface area contributed by atoms with Crippen LogP contribution in [0.2, 0.25) is 0 Å². The number of anilines is 1. The van der Waals surface area contributed by atoms with Crippen LogP contribution >= 0.6 is 0 Å². The van der Waals surface area contributed by atoms with Gasteiger partial charge in [0.1, 0.15) is 5.76 Å². The summed E-state index contributed by atoms with van der Waals surface area (Å²) < 4.78 is 4.95. The molecule has 1 aromatic rings. The number of nitrogens with zero attached hydrogens (tertiary/aromatic N) is 2. The Bertz CT molecular complexity index is 508. The molecule has 0 unspecified atom stereocenters. The number of aromatic nitrogens is 1. The highest BCUT2D eigenvalue weighted by atomic mass is 16.5. The van der Waals surface area contributed by atoms with Gasteiger partial charge in [-0.1, -0.05) is 12.1 Å². The molecule has 1 saturated heterocycles. The summed E-state index contributed by atoms with van der Waals surface area (Å²) in [5, 5.41) is 3.78. The van der Waals surface area contributed by atoms with Crippen LogP contribution in [-0.4, -0.2) is 17.0 Å². The summed E-state index contributed by atoms with van der Waals surface area (Å²) in [5.41, 5.74) is 0. The molecule has 3 rings (SSSR count). The Labute approximate surface area is 105 Å². The zero-order chi connectivity index (χ0) is 12.9. The number of aryl methyl sites for hydroxylation is 1. The highest BCUT2D eigenvalue weighted by Gasteiger charge is 2.50. The molecule has 2 heterocycles. The molecule has 1 saturated carbocycles. The maximum Gasteiger partial charge on any atom is 0.239 e. The zero-order valence-electron chi connectivity index (χ0n) is 10.5. The van der Waals surface area contributed by atoms with Crippen LogP contribution in [-0.2, 0) is 9.59 Å². The first kappa shape index (κ1) is 11.4. The third kappa shape index (κ3) is 1.57. The van der Waals surface area contributed by atoms with Crippen molar-refractivity contribution in [3.8, 4) is 0 Å². The van der Waals surface area contributed by atoms with Gasteiger partial charge in [-0.25, -0.2) is 4.90 Å². The lowest BCUT2D eigenvalue weighted by atomic mass is 9.76. The quantitative estimate of drug-likeness (QED) is 0.712. The van der Waals surface area contributed by atoms with Gasteiger partial charge < -0.3 is 4.52 Å². The standard InChI is InChI=1S/C13H16N2O3/c1-7-3-4-9-10(5-7)13(17)15(12(9)16)11-6-8(2)18-14-11/h6-7,9-10H,3-5H2,1-2H3/t7-,9+,10+/m1/s1. The van der Waals surface area contributed by atoms with Crippen LogP contribution in [0.15, 0.2) is 10.6 Å². The summed E-state index contributed by atoms with van der Waals surface area (Å²) in [6.45, 7) is 3.88. The SMILES string of the molecule is Cc1cc(N2C(=O)[C@H]3CC[C@@H](C)C[C@@H]3C2=O)no1. The maximum absolute atomic E-state index is 12.3. The Morgan fingerprint density at radius 1 is 1.28 bits per heavy atom. The fourth-order valence-corrected chi connectivity index (χ4v) is 3.07. The van der Waals surface area contributed by atoms with E-state index in [-0.39, 0.29) is 23.7 Å². The van der Waals surface area contributed by atoms with Crippen LogP contribution in [0, 0.1) is 24.7 Å². The molecule has 2 aliphatic rings. The summed E-state index contributed by atoms with van der Waals surface area (Å²) >= 11 is 0. The van der Waals surface area contributed by atoms with Gasteiger partial charge in [0.2, 0.25) is 11.8 Å². The lowest BCUT2D eigenvalue weighted by molar-refractivity contribution is -0.122. The van der Waals surface area contributed by atoms with E-state index in [0.29, 0.717) is 17.5 Å². The average molecular weight is 248 g/mol. The molecule has 1 aromatic heterocycles. The summed E-state index contributed by atoms with van der Waals surface area (Å²) in [6.07, 6.45) is 2.64. The molecular formula is C13H16N2O3. The number of fused-ring (bicyclic) bond motifs is 1. The highest BCUT2D eigenvalue weighted by Crippen LogP contribution is 2.41. The number of amides is 2. The van der Waals surface area contributed by atoms with Crippen molar-refractivity contribution in [2.75, 3.05) is 4.90 Å². The van der Waals surface area contributed by atoms with Gasteiger partial charge in [-0.15, -0.1) is 0 Å². The molecule has 96 valence electrons. The van der Waals surface area contributed by atoms with Gasteiger partial charge in [0.25, 0.3) is 0 Å². The van der Waals surface area contributed by atoms with Crippen molar-refractivity contribution in [3.05, 3.63) is 11.8 Å². The van der Waals surface area contributed by atoms with Crippen molar-refractivity contribution >= 4 is 17.6 Å². The second-order valence-corrected chi connectivity index (χ2v) is 5.44. The minimum atomic E-state index is -0.154. The molecule has 0 bridgehead atoms. The fraction of sp³-hybridized carbons (Fsp3) is 0.615. The first-order chi connectivity index (χ1) is 8.58. The second kappa shape index (κ2) is 3.93. The van der Waals surface area contributed by atoms with Crippen LogP contribution in [0.3, 0.4) is 0 Å². The first-order valence-corrected chi connectivity index (χ1v) is 6.39. The minimum Gasteiger partial charge on any atom is -0.360 e. The number of imide groups is 1. The number of hydrogen-bond donors (Lipinski definition) is 0. The molecule has 0 N–H and O–H groups in total. The van der Waals surface area contributed by atoms with E-state index >= 15 is 0 Å². The molecule has 5 nitrogen and oxygen atoms in total. The summed E-state index contributed by atoms with van der Waals surface area (Å²) in [4.78, 5) is 25.8. The van der Waals surface area contributed by atoms with E-state index in [9.17, 15) is 9.59 Å². The van der Waals surface area contributed by atoms with Crippen molar-refractivity contribution in [2.24, 2.45) is 17.8 Å². The number of hydrogen-bond acceptors (Lipinski definition) is 4. The molecular weight excluding hydrogens is 232 g/mol. The molecule has 0 radical (unpaired) electrons. The highest BCUT2D eigenvalue weighted by molar-refractivity contribution is 6.21. The smallest absolute Gasteiger partial charge is 0.239 e. The van der Waals surface area contributed by atoms with Crippen molar-refractivity contribution in [2.45, 2.75) is 33.1 Å². The topological polar surface area (TPSA) is 63.4 Å². The van der Waals surface area contributed by atoms with Crippen LogP contribution in [0.25, 0.3) is 0 Å². The van der Waals surface area contributed by atoms with E-state index in [1.807, 2.05) is 0 Å². The maximum atomic E-state index is 12.3. The van der Waals surface area contributed by atoms with Crippen molar-refractivity contribution in [1.82, 2.24) is 5.16 Å². The Kier molecular flexibility index (Phi) is 2.50. The molecule has 2 fully saturated rings. The summed E-state index contributed by atoms with van der Waals surface area (Å²) in [5.74, 6) is 0.944. The largest absolute Gasteiger partial charge is 0.360 e. The average Bonchev–Trinajstić information content (AvgIpc) is 2.84. The Hall–Kier alpha value is -1.65. The molecule has 5 heteroatoms. The van der Waals surface area contributed by atoms with Crippen LogP contribution in [0.1, 0.15) is 31.9 Å². The molecule has 0 aromatic carbocycles. The molecule has 18 heavy (non-hydrogen) atoms. The number of rotatable bonds is 1. The predicted octanol–water partition coefficient (Wildman–Crippen LogP) is 1.91. The zero-order valence-corrected chi connectivity index (χ0v) is 10.5. The van der Waals surface area contributed by atoms with E-state index in [2.05, 4.69) is 12.1 Å². The van der Waals surface area contributed by atoms with Crippen molar-refractivity contribution in [1.29, 1.82) is 0 Å². The van der Waals surface area contributed by atoms with Crippen LogP contribution in [0.5, 0.6) is 0 Å². The van der Waals surface area contributed by atoms with E-state index in [0.717, 1.165) is 19.3 Å². The second-order valence-electron chi connectivity index (χ2n) is 5.44. The number of carbonyl (C=O) groups excluding carboxylic acids is 2. The molecule has 1 aliphatic heterocycles. The van der Waals surface area contributed by atoms with Gasteiger partial charge in [-0.2, -0.15) is 0 Å². The Balaban J connectivity index is 1.93. The molecule has 0 spiro atoms.